The number of rotatable bonds is 8. The molecule has 1 heteroatoms. The van der Waals surface area contributed by atoms with Crippen LogP contribution in [-0.2, 0) is 4.79 Å². The third-order valence-electron chi connectivity index (χ3n) is 2.76. The second-order valence-electron chi connectivity index (χ2n) is 4.35. The van der Waals surface area contributed by atoms with Gasteiger partial charge in [-0.1, -0.05) is 62.2 Å². The summed E-state index contributed by atoms with van der Waals surface area (Å²) < 4.78 is 0. The van der Waals surface area contributed by atoms with Crippen molar-refractivity contribution < 1.29 is 4.79 Å². The van der Waals surface area contributed by atoms with E-state index in [-0.39, 0.29) is 0 Å². The second kappa shape index (κ2) is 8.74. The lowest BCUT2D eigenvalue weighted by Crippen LogP contribution is -1.96. The summed E-state index contributed by atoms with van der Waals surface area (Å²) in [4.78, 5) is 11.5. The van der Waals surface area contributed by atoms with Crippen LogP contribution in [-0.4, -0.2) is 5.78 Å². The summed E-state index contributed by atoms with van der Waals surface area (Å²) in [7, 11) is 0. The topological polar surface area (TPSA) is 17.1 Å². The number of allylic oxidation sites excluding steroid dienone is 1. The molecule has 0 heterocycles. The molecule has 17 heavy (non-hydrogen) atoms. The number of Topliss-reactive ketones (excluding diaryl/α,β-unsaturated/α-hetero) is 1. The van der Waals surface area contributed by atoms with Crippen molar-refractivity contribution >= 4 is 11.9 Å². The van der Waals surface area contributed by atoms with Gasteiger partial charge in [-0.25, -0.2) is 0 Å². The van der Waals surface area contributed by atoms with E-state index in [9.17, 15) is 4.79 Å². The molecule has 0 atom stereocenters. The molecule has 0 aromatic heterocycles. The van der Waals surface area contributed by atoms with Gasteiger partial charge in [-0.05, 0) is 18.4 Å². The Morgan fingerprint density at radius 1 is 1.12 bits per heavy atom. The molecule has 0 radical (unpaired) electrons. The third-order valence-corrected chi connectivity index (χ3v) is 2.76. The van der Waals surface area contributed by atoms with Crippen LogP contribution in [0.25, 0.3) is 6.08 Å². The van der Waals surface area contributed by atoms with E-state index in [1.54, 1.807) is 0 Å². The molecule has 1 aromatic carbocycles. The summed E-state index contributed by atoms with van der Waals surface area (Å²) in [5.74, 6) is 0.399. The molecule has 0 aliphatic carbocycles. The monoisotopic (exact) mass is 230 g/mol. The zero-order valence-corrected chi connectivity index (χ0v) is 10.7. The van der Waals surface area contributed by atoms with E-state index in [1.165, 1.54) is 18.4 Å². The lowest BCUT2D eigenvalue weighted by atomic mass is 10.1. The molecule has 1 aromatic rings. The van der Waals surface area contributed by atoms with Gasteiger partial charge in [0.15, 0.2) is 0 Å². The molecular weight excluding hydrogens is 208 g/mol. The first kappa shape index (κ1) is 13.7. The Kier molecular flexibility index (Phi) is 7.04. The first-order valence-corrected chi connectivity index (χ1v) is 6.56. The van der Waals surface area contributed by atoms with Gasteiger partial charge >= 0.3 is 0 Å². The Morgan fingerprint density at radius 2 is 1.88 bits per heavy atom. The van der Waals surface area contributed by atoms with Gasteiger partial charge in [0.05, 0.1) is 0 Å². The SMILES string of the molecule is CCCCCC(=O)CC/C=C/c1ccccc1. The van der Waals surface area contributed by atoms with E-state index in [4.69, 9.17) is 0 Å². The van der Waals surface area contributed by atoms with Gasteiger partial charge < -0.3 is 0 Å². The van der Waals surface area contributed by atoms with Gasteiger partial charge in [0.1, 0.15) is 5.78 Å². The number of carbonyl (C=O) groups is 1. The van der Waals surface area contributed by atoms with E-state index >= 15 is 0 Å². The van der Waals surface area contributed by atoms with Crippen molar-refractivity contribution in [3.8, 4) is 0 Å². The molecule has 0 unspecified atom stereocenters. The highest BCUT2D eigenvalue weighted by Gasteiger charge is 1.99. The molecule has 1 nitrogen and oxygen atoms in total. The van der Waals surface area contributed by atoms with Crippen molar-refractivity contribution in [2.45, 2.75) is 45.4 Å². The first-order valence-electron chi connectivity index (χ1n) is 6.56. The fourth-order valence-electron chi connectivity index (χ4n) is 1.73. The maximum absolute atomic E-state index is 11.5. The minimum absolute atomic E-state index is 0.399. The lowest BCUT2D eigenvalue weighted by molar-refractivity contribution is -0.119. The quantitative estimate of drug-likeness (QED) is 0.595. The molecule has 0 amide bonds. The predicted octanol–water partition coefficient (Wildman–Crippen LogP) is 4.63. The Morgan fingerprint density at radius 3 is 2.59 bits per heavy atom. The van der Waals surface area contributed by atoms with E-state index in [2.05, 4.69) is 31.2 Å². The standard InChI is InChI=1S/C16H22O/c1-2-3-5-13-16(17)14-9-8-12-15-10-6-4-7-11-15/h4,6-8,10-12H,2-3,5,9,13-14H2,1H3/b12-8+. The summed E-state index contributed by atoms with van der Waals surface area (Å²) in [6.45, 7) is 2.16. The molecule has 0 N–H and O–H groups in total. The lowest BCUT2D eigenvalue weighted by Gasteiger charge is -1.97. The average molecular weight is 230 g/mol. The van der Waals surface area contributed by atoms with Gasteiger partial charge in [-0.3, -0.25) is 4.79 Å². The maximum Gasteiger partial charge on any atom is 0.133 e. The molecule has 0 bridgehead atoms. The smallest absolute Gasteiger partial charge is 0.133 e. The van der Waals surface area contributed by atoms with Crippen molar-refractivity contribution in [3.63, 3.8) is 0 Å². The number of benzene rings is 1. The number of carbonyl (C=O) groups excluding carboxylic acids is 1. The summed E-state index contributed by atoms with van der Waals surface area (Å²) in [5, 5.41) is 0. The molecular formula is C16H22O. The van der Waals surface area contributed by atoms with Gasteiger partial charge in [0, 0.05) is 12.8 Å². The number of hydrogen-bond donors (Lipinski definition) is 0. The first-order chi connectivity index (χ1) is 8.33. The predicted molar refractivity (Wildman–Crippen MR) is 73.9 cm³/mol. The Hall–Kier alpha value is -1.37. The van der Waals surface area contributed by atoms with Gasteiger partial charge in [0.25, 0.3) is 0 Å². The average Bonchev–Trinajstić information content (AvgIpc) is 2.36. The number of unbranched alkanes of at least 4 members (excludes halogenated alkanes) is 2. The van der Waals surface area contributed by atoms with Crippen LogP contribution in [0, 0.1) is 0 Å². The van der Waals surface area contributed by atoms with Crippen LogP contribution in [0.15, 0.2) is 36.4 Å². The van der Waals surface area contributed by atoms with E-state index < -0.39 is 0 Å². The molecule has 1 rings (SSSR count). The van der Waals surface area contributed by atoms with Crippen LogP contribution >= 0.6 is 0 Å². The van der Waals surface area contributed by atoms with Crippen LogP contribution in [0.2, 0.25) is 0 Å². The number of ketones is 1. The highest BCUT2D eigenvalue weighted by Crippen LogP contribution is 2.06. The fourth-order valence-corrected chi connectivity index (χ4v) is 1.73. The van der Waals surface area contributed by atoms with Crippen molar-refractivity contribution in [2.75, 3.05) is 0 Å². The summed E-state index contributed by atoms with van der Waals surface area (Å²) in [6, 6.07) is 10.2. The molecule has 0 fully saturated rings. The summed E-state index contributed by atoms with van der Waals surface area (Å²) >= 11 is 0. The second-order valence-corrected chi connectivity index (χ2v) is 4.35. The fraction of sp³-hybridized carbons (Fsp3) is 0.438. The van der Waals surface area contributed by atoms with Crippen molar-refractivity contribution in [1.29, 1.82) is 0 Å². The summed E-state index contributed by atoms with van der Waals surface area (Å²) in [5.41, 5.74) is 1.20. The zero-order valence-electron chi connectivity index (χ0n) is 10.7. The largest absolute Gasteiger partial charge is 0.300 e. The van der Waals surface area contributed by atoms with E-state index in [1.807, 2.05) is 18.2 Å². The molecule has 0 aliphatic heterocycles. The summed E-state index contributed by atoms with van der Waals surface area (Å²) in [6.07, 6.45) is 9.89. The van der Waals surface area contributed by atoms with Crippen LogP contribution in [0.3, 0.4) is 0 Å². The van der Waals surface area contributed by atoms with Gasteiger partial charge in [-0.2, -0.15) is 0 Å². The molecule has 0 aliphatic rings. The van der Waals surface area contributed by atoms with Crippen molar-refractivity contribution in [3.05, 3.63) is 42.0 Å². The highest BCUT2D eigenvalue weighted by molar-refractivity contribution is 5.78. The molecule has 92 valence electrons. The van der Waals surface area contributed by atoms with Crippen LogP contribution in [0.5, 0.6) is 0 Å². The van der Waals surface area contributed by atoms with Crippen LogP contribution < -0.4 is 0 Å². The van der Waals surface area contributed by atoms with E-state index in [0.717, 1.165) is 19.3 Å². The Bertz CT molecular complexity index is 338. The van der Waals surface area contributed by atoms with E-state index in [0.29, 0.717) is 12.2 Å². The number of hydrogen-bond acceptors (Lipinski definition) is 1. The third kappa shape index (κ3) is 6.72. The normalized spacial score (nSPS) is 10.9. The van der Waals surface area contributed by atoms with Crippen LogP contribution in [0.1, 0.15) is 51.0 Å². The van der Waals surface area contributed by atoms with Crippen molar-refractivity contribution in [1.82, 2.24) is 0 Å². The maximum atomic E-state index is 11.5. The minimum atomic E-state index is 0.399. The molecule has 0 saturated heterocycles. The highest BCUT2D eigenvalue weighted by atomic mass is 16.1. The molecule has 0 saturated carbocycles. The Balaban J connectivity index is 2.15. The Labute approximate surface area is 105 Å². The van der Waals surface area contributed by atoms with Gasteiger partial charge in [0.2, 0.25) is 0 Å². The van der Waals surface area contributed by atoms with Crippen molar-refractivity contribution in [2.24, 2.45) is 0 Å². The van der Waals surface area contributed by atoms with Crippen LogP contribution in [0.4, 0.5) is 0 Å². The minimum Gasteiger partial charge on any atom is -0.300 e. The zero-order chi connectivity index (χ0) is 12.3. The molecule has 0 spiro atoms. The van der Waals surface area contributed by atoms with Gasteiger partial charge in [-0.15, -0.1) is 0 Å².